The van der Waals surface area contributed by atoms with Crippen molar-refractivity contribution in [3.05, 3.63) is 0 Å². The van der Waals surface area contributed by atoms with Crippen molar-refractivity contribution in [2.24, 2.45) is 10.3 Å². The Bertz CT molecular complexity index is 114. The maximum atomic E-state index is 8.03. The highest BCUT2D eigenvalue weighted by atomic mass is 16.4. The van der Waals surface area contributed by atoms with E-state index in [1.54, 1.807) is 0 Å². The summed E-state index contributed by atoms with van der Waals surface area (Å²) >= 11 is 0. The maximum absolute atomic E-state index is 8.03. The van der Waals surface area contributed by atoms with E-state index in [2.05, 4.69) is 10.3 Å². The molecule has 0 saturated carbocycles. The summed E-state index contributed by atoms with van der Waals surface area (Å²) in [6.07, 6.45) is 0. The van der Waals surface area contributed by atoms with Gasteiger partial charge in [-0.2, -0.15) is 0 Å². The van der Waals surface area contributed by atoms with Crippen LogP contribution in [0.4, 0.5) is 0 Å². The van der Waals surface area contributed by atoms with Crippen molar-refractivity contribution < 1.29 is 15.9 Å². The van der Waals surface area contributed by atoms with Gasteiger partial charge in [0.05, 0.1) is 0 Å². The summed E-state index contributed by atoms with van der Waals surface area (Å²) in [7, 11) is 0. The molecule has 0 atom stereocenters. The molecule has 4 N–H and O–H groups in total. The van der Waals surface area contributed by atoms with Gasteiger partial charge in [0.25, 0.3) is 0 Å². The lowest BCUT2D eigenvalue weighted by atomic mass is 10.3. The average molecular weight is 134 g/mol. The second-order valence-corrected chi connectivity index (χ2v) is 1.37. The highest BCUT2D eigenvalue weighted by molar-refractivity contribution is 6.40. The van der Waals surface area contributed by atoms with Gasteiger partial charge in [-0.05, 0) is 13.8 Å². The van der Waals surface area contributed by atoms with Crippen LogP contribution in [-0.4, -0.2) is 27.3 Å². The van der Waals surface area contributed by atoms with Crippen LogP contribution in [-0.2, 0) is 0 Å². The molecular weight excluding hydrogens is 124 g/mol. The van der Waals surface area contributed by atoms with Gasteiger partial charge in [0.2, 0.25) is 0 Å². The van der Waals surface area contributed by atoms with Crippen molar-refractivity contribution >= 4 is 11.4 Å². The lowest BCUT2D eigenvalue weighted by Crippen LogP contribution is -2.04. The maximum Gasteiger partial charge on any atom is 0.101 e. The Morgan fingerprint density at radius 3 is 1.33 bits per heavy atom. The Balaban J connectivity index is 0. The SMILES string of the molecule is CC(=NO)C(C)=NO.O. The summed E-state index contributed by atoms with van der Waals surface area (Å²) in [6.45, 7) is 3.07. The van der Waals surface area contributed by atoms with Crippen LogP contribution in [0.5, 0.6) is 0 Å². The van der Waals surface area contributed by atoms with Gasteiger partial charge in [0.1, 0.15) is 11.4 Å². The first-order valence-electron chi connectivity index (χ1n) is 2.10. The van der Waals surface area contributed by atoms with Crippen molar-refractivity contribution in [1.82, 2.24) is 0 Å². The fraction of sp³-hybridized carbons (Fsp3) is 0.500. The molecule has 0 radical (unpaired) electrons. The van der Waals surface area contributed by atoms with Crippen LogP contribution in [0, 0.1) is 0 Å². The molecule has 0 aromatic carbocycles. The topological polar surface area (TPSA) is 96.7 Å². The zero-order valence-corrected chi connectivity index (χ0v) is 5.29. The molecule has 0 bridgehead atoms. The Morgan fingerprint density at radius 2 is 1.22 bits per heavy atom. The molecule has 0 aliphatic heterocycles. The molecule has 0 aliphatic rings. The molecule has 5 heteroatoms. The van der Waals surface area contributed by atoms with Gasteiger partial charge in [-0.3, -0.25) is 0 Å². The third kappa shape index (κ3) is 3.48. The van der Waals surface area contributed by atoms with Crippen molar-refractivity contribution in [3.8, 4) is 0 Å². The Labute approximate surface area is 52.6 Å². The zero-order valence-electron chi connectivity index (χ0n) is 5.29. The molecule has 0 fully saturated rings. The summed E-state index contributed by atoms with van der Waals surface area (Å²) in [4.78, 5) is 0. The van der Waals surface area contributed by atoms with E-state index in [-0.39, 0.29) is 5.48 Å². The molecule has 0 aromatic rings. The molecule has 0 rings (SSSR count). The van der Waals surface area contributed by atoms with Crippen LogP contribution in [0.3, 0.4) is 0 Å². The Kier molecular flexibility index (Phi) is 6.06. The van der Waals surface area contributed by atoms with E-state index in [1.165, 1.54) is 13.8 Å². The van der Waals surface area contributed by atoms with Crippen molar-refractivity contribution in [2.75, 3.05) is 0 Å². The largest absolute Gasteiger partial charge is 0.412 e. The van der Waals surface area contributed by atoms with Gasteiger partial charge < -0.3 is 15.9 Å². The highest BCUT2D eigenvalue weighted by Crippen LogP contribution is 1.79. The molecule has 9 heavy (non-hydrogen) atoms. The van der Waals surface area contributed by atoms with Crippen molar-refractivity contribution in [1.29, 1.82) is 0 Å². The first-order chi connectivity index (χ1) is 3.72. The Hall–Kier alpha value is -1.10. The van der Waals surface area contributed by atoms with Crippen LogP contribution in [0.15, 0.2) is 10.3 Å². The predicted molar refractivity (Wildman–Crippen MR) is 33.4 cm³/mol. The van der Waals surface area contributed by atoms with Crippen molar-refractivity contribution in [3.63, 3.8) is 0 Å². The second kappa shape index (κ2) is 5.04. The summed E-state index contributed by atoms with van der Waals surface area (Å²) in [6, 6.07) is 0. The van der Waals surface area contributed by atoms with Crippen LogP contribution >= 0.6 is 0 Å². The van der Waals surface area contributed by atoms with E-state index in [4.69, 9.17) is 10.4 Å². The minimum Gasteiger partial charge on any atom is -0.412 e. The van der Waals surface area contributed by atoms with Crippen LogP contribution in [0.1, 0.15) is 13.8 Å². The van der Waals surface area contributed by atoms with Crippen LogP contribution in [0.2, 0.25) is 0 Å². The monoisotopic (exact) mass is 134 g/mol. The molecule has 0 heterocycles. The number of hydrogen-bond donors (Lipinski definition) is 2. The van der Waals surface area contributed by atoms with Crippen LogP contribution in [0.25, 0.3) is 0 Å². The third-order valence-corrected chi connectivity index (χ3v) is 0.824. The van der Waals surface area contributed by atoms with E-state index in [9.17, 15) is 0 Å². The standard InChI is InChI=1S/C4H8N2O2.H2O/c1-3(5-7)4(2)6-8;/h7-8H,1-2H3;1H2. The van der Waals surface area contributed by atoms with Gasteiger partial charge >= 0.3 is 0 Å². The number of nitrogens with zero attached hydrogens (tertiary/aromatic N) is 2. The van der Waals surface area contributed by atoms with Gasteiger partial charge in [0, 0.05) is 0 Å². The van der Waals surface area contributed by atoms with E-state index in [1.807, 2.05) is 0 Å². The average Bonchev–Trinajstić information content (AvgIpc) is 1.84. The molecule has 0 aromatic heterocycles. The lowest BCUT2D eigenvalue weighted by molar-refractivity contribution is 0.313. The molecular formula is C4H10N2O3. The second-order valence-electron chi connectivity index (χ2n) is 1.37. The predicted octanol–water partition coefficient (Wildman–Crippen LogP) is -0.138. The van der Waals surface area contributed by atoms with Crippen molar-refractivity contribution in [2.45, 2.75) is 13.8 Å². The zero-order chi connectivity index (χ0) is 6.57. The fourth-order valence-electron chi connectivity index (χ4n) is 0.145. The molecule has 0 aliphatic carbocycles. The number of rotatable bonds is 1. The van der Waals surface area contributed by atoms with E-state index >= 15 is 0 Å². The molecule has 5 nitrogen and oxygen atoms in total. The summed E-state index contributed by atoms with van der Waals surface area (Å²) in [5.41, 5.74) is 0.625. The number of hydrogen-bond acceptors (Lipinski definition) is 4. The molecule has 0 unspecified atom stereocenters. The van der Waals surface area contributed by atoms with Gasteiger partial charge in [0.15, 0.2) is 0 Å². The molecule has 0 saturated heterocycles. The smallest absolute Gasteiger partial charge is 0.101 e. The summed E-state index contributed by atoms with van der Waals surface area (Å²) in [5.74, 6) is 0. The minimum absolute atomic E-state index is 0. The third-order valence-electron chi connectivity index (χ3n) is 0.824. The Morgan fingerprint density at radius 1 is 1.00 bits per heavy atom. The van der Waals surface area contributed by atoms with Gasteiger partial charge in [-0.15, -0.1) is 0 Å². The van der Waals surface area contributed by atoms with Crippen LogP contribution < -0.4 is 0 Å². The van der Waals surface area contributed by atoms with Gasteiger partial charge in [-0.25, -0.2) is 0 Å². The van der Waals surface area contributed by atoms with E-state index in [0.717, 1.165) is 0 Å². The normalized spacial score (nSPS) is 12.7. The summed E-state index contributed by atoms with van der Waals surface area (Å²) in [5, 5.41) is 21.6. The first-order valence-corrected chi connectivity index (χ1v) is 2.10. The molecule has 0 amide bonds. The number of oxime groups is 2. The minimum atomic E-state index is 0. The molecule has 0 spiro atoms. The fourth-order valence-corrected chi connectivity index (χ4v) is 0.145. The highest BCUT2D eigenvalue weighted by Gasteiger charge is 1.93. The summed E-state index contributed by atoms with van der Waals surface area (Å²) < 4.78 is 0. The first kappa shape index (κ1) is 10.8. The van der Waals surface area contributed by atoms with Gasteiger partial charge in [-0.1, -0.05) is 10.3 Å². The molecule has 54 valence electrons. The quantitative estimate of drug-likeness (QED) is 0.296. The lowest BCUT2D eigenvalue weighted by Gasteiger charge is -1.88. The van der Waals surface area contributed by atoms with E-state index in [0.29, 0.717) is 11.4 Å². The van der Waals surface area contributed by atoms with E-state index < -0.39 is 0 Å².